The first-order valence-corrected chi connectivity index (χ1v) is 7.25. The lowest BCUT2D eigenvalue weighted by atomic mass is 10.0. The van der Waals surface area contributed by atoms with E-state index in [9.17, 15) is 9.18 Å². The Morgan fingerprint density at radius 1 is 1.20 bits per heavy atom. The summed E-state index contributed by atoms with van der Waals surface area (Å²) in [6, 6.07) is 14.1. The Kier molecular flexibility index (Phi) is 4.79. The van der Waals surface area contributed by atoms with Gasteiger partial charge >= 0.3 is 5.97 Å². The van der Waals surface area contributed by atoms with Crippen LogP contribution in [0.15, 0.2) is 53.4 Å². The van der Waals surface area contributed by atoms with Crippen molar-refractivity contribution in [3.05, 3.63) is 65.5 Å². The van der Waals surface area contributed by atoms with Crippen molar-refractivity contribution < 1.29 is 14.3 Å². The van der Waals surface area contributed by atoms with Crippen LogP contribution in [0.25, 0.3) is 0 Å². The van der Waals surface area contributed by atoms with E-state index in [0.29, 0.717) is 10.6 Å². The molecule has 2 rings (SSSR count). The van der Waals surface area contributed by atoms with Crippen molar-refractivity contribution >= 4 is 17.7 Å². The van der Waals surface area contributed by atoms with E-state index in [0.717, 1.165) is 11.1 Å². The maximum absolute atomic E-state index is 13.5. The molecule has 0 aliphatic heterocycles. The summed E-state index contributed by atoms with van der Waals surface area (Å²) in [6.07, 6.45) is 0. The quantitative estimate of drug-likeness (QED) is 0.834. The van der Waals surface area contributed by atoms with Crippen molar-refractivity contribution in [3.63, 3.8) is 0 Å². The molecule has 0 aliphatic rings. The zero-order valence-corrected chi connectivity index (χ0v) is 11.9. The van der Waals surface area contributed by atoms with Gasteiger partial charge < -0.3 is 5.11 Å². The fraction of sp³-hybridized carbons (Fsp3) is 0.188. The molecule has 1 N–H and O–H groups in total. The molecule has 0 spiro atoms. The van der Waals surface area contributed by atoms with Gasteiger partial charge in [0.25, 0.3) is 0 Å². The molecule has 0 radical (unpaired) electrons. The molecule has 0 heterocycles. The van der Waals surface area contributed by atoms with Gasteiger partial charge in [0.1, 0.15) is 5.82 Å². The fourth-order valence-corrected chi connectivity index (χ4v) is 2.66. The summed E-state index contributed by atoms with van der Waals surface area (Å²) in [7, 11) is 0. The summed E-state index contributed by atoms with van der Waals surface area (Å²) in [4.78, 5) is 11.5. The van der Waals surface area contributed by atoms with Gasteiger partial charge in [0.15, 0.2) is 0 Å². The minimum Gasteiger partial charge on any atom is -0.481 e. The number of carbonyl (C=O) groups is 1. The number of carboxylic acid groups (broad SMARTS) is 1. The van der Waals surface area contributed by atoms with Gasteiger partial charge in [-0.2, -0.15) is 0 Å². The number of aliphatic carboxylic acids is 1. The topological polar surface area (TPSA) is 37.3 Å². The van der Waals surface area contributed by atoms with E-state index in [1.54, 1.807) is 19.1 Å². The minimum absolute atomic E-state index is 0.214. The lowest BCUT2D eigenvalue weighted by molar-refractivity contribution is -0.138. The lowest BCUT2D eigenvalue weighted by Gasteiger charge is -2.08. The van der Waals surface area contributed by atoms with Gasteiger partial charge in [-0.1, -0.05) is 36.4 Å². The number of rotatable bonds is 5. The highest BCUT2D eigenvalue weighted by Crippen LogP contribution is 2.26. The second-order valence-corrected chi connectivity index (χ2v) is 5.54. The van der Waals surface area contributed by atoms with E-state index in [-0.39, 0.29) is 5.82 Å². The van der Waals surface area contributed by atoms with Crippen molar-refractivity contribution in [1.29, 1.82) is 0 Å². The first-order chi connectivity index (χ1) is 9.58. The highest BCUT2D eigenvalue weighted by molar-refractivity contribution is 7.98. The van der Waals surface area contributed by atoms with E-state index in [4.69, 9.17) is 5.11 Å². The molecule has 104 valence electrons. The molecule has 2 aromatic rings. The largest absolute Gasteiger partial charge is 0.481 e. The zero-order chi connectivity index (χ0) is 14.5. The van der Waals surface area contributed by atoms with Crippen LogP contribution in [0.5, 0.6) is 0 Å². The van der Waals surface area contributed by atoms with Gasteiger partial charge in [-0.05, 0) is 30.2 Å². The monoisotopic (exact) mass is 290 g/mol. The summed E-state index contributed by atoms with van der Waals surface area (Å²) in [5, 5.41) is 8.94. The van der Waals surface area contributed by atoms with Crippen molar-refractivity contribution in [2.45, 2.75) is 23.5 Å². The molecule has 0 saturated heterocycles. The number of thioether (sulfide) groups is 1. The van der Waals surface area contributed by atoms with Crippen LogP contribution < -0.4 is 0 Å². The molecule has 2 nitrogen and oxygen atoms in total. The molecule has 0 amide bonds. The summed E-state index contributed by atoms with van der Waals surface area (Å²) in [5.41, 5.74) is 1.82. The summed E-state index contributed by atoms with van der Waals surface area (Å²) < 4.78 is 13.5. The van der Waals surface area contributed by atoms with Gasteiger partial charge in [-0.3, -0.25) is 4.79 Å². The van der Waals surface area contributed by atoms with Crippen LogP contribution in [-0.2, 0) is 10.5 Å². The summed E-state index contributed by atoms with van der Waals surface area (Å²) in [5.74, 6) is -0.904. The van der Waals surface area contributed by atoms with Gasteiger partial charge in [0.2, 0.25) is 0 Å². The van der Waals surface area contributed by atoms with Gasteiger partial charge in [-0.15, -0.1) is 11.8 Å². The van der Waals surface area contributed by atoms with Crippen LogP contribution in [0.3, 0.4) is 0 Å². The third-order valence-corrected chi connectivity index (χ3v) is 4.20. The smallest absolute Gasteiger partial charge is 0.310 e. The lowest BCUT2D eigenvalue weighted by Crippen LogP contribution is -2.07. The van der Waals surface area contributed by atoms with Crippen LogP contribution in [0, 0.1) is 5.82 Å². The maximum atomic E-state index is 13.5. The molecular formula is C16H15FO2S. The standard InChI is InChI=1S/C16H15FO2S/c1-11(16(18)19)13-8-6-12(7-9-13)10-20-15-5-3-2-4-14(15)17/h2-9,11H,10H2,1H3,(H,18,19). The van der Waals surface area contributed by atoms with Crippen LogP contribution in [0.4, 0.5) is 4.39 Å². The Morgan fingerprint density at radius 3 is 2.45 bits per heavy atom. The van der Waals surface area contributed by atoms with Crippen molar-refractivity contribution in [2.24, 2.45) is 0 Å². The molecule has 20 heavy (non-hydrogen) atoms. The van der Waals surface area contributed by atoms with Crippen LogP contribution in [0.2, 0.25) is 0 Å². The highest BCUT2D eigenvalue weighted by Gasteiger charge is 2.13. The molecule has 1 atom stereocenters. The second kappa shape index (κ2) is 6.57. The van der Waals surface area contributed by atoms with Crippen molar-refractivity contribution in [3.8, 4) is 0 Å². The average Bonchev–Trinajstić information content (AvgIpc) is 2.46. The minimum atomic E-state index is -0.835. The molecular weight excluding hydrogens is 275 g/mol. The normalized spacial score (nSPS) is 12.1. The molecule has 2 aromatic carbocycles. The Morgan fingerprint density at radius 2 is 1.85 bits per heavy atom. The van der Waals surface area contributed by atoms with Gasteiger partial charge in [0.05, 0.1) is 5.92 Å². The van der Waals surface area contributed by atoms with E-state index < -0.39 is 11.9 Å². The predicted molar refractivity (Wildman–Crippen MR) is 78.5 cm³/mol. The molecule has 1 unspecified atom stereocenters. The third-order valence-electron chi connectivity index (χ3n) is 3.08. The second-order valence-electron chi connectivity index (χ2n) is 4.52. The number of carboxylic acids is 1. The third kappa shape index (κ3) is 3.61. The Hall–Kier alpha value is -1.81. The van der Waals surface area contributed by atoms with E-state index in [1.165, 1.54) is 17.8 Å². The van der Waals surface area contributed by atoms with Crippen LogP contribution >= 0.6 is 11.8 Å². The number of hydrogen-bond donors (Lipinski definition) is 1. The van der Waals surface area contributed by atoms with Crippen molar-refractivity contribution in [1.82, 2.24) is 0 Å². The predicted octanol–water partition coefficient (Wildman–Crippen LogP) is 4.31. The Bertz CT molecular complexity index is 596. The molecule has 0 fully saturated rings. The maximum Gasteiger partial charge on any atom is 0.310 e. The Balaban J connectivity index is 2.01. The summed E-state index contributed by atoms with van der Waals surface area (Å²) in [6.45, 7) is 1.66. The van der Waals surface area contributed by atoms with E-state index >= 15 is 0 Å². The van der Waals surface area contributed by atoms with E-state index in [2.05, 4.69) is 0 Å². The van der Waals surface area contributed by atoms with E-state index in [1.807, 2.05) is 30.3 Å². The molecule has 0 bridgehead atoms. The highest BCUT2D eigenvalue weighted by atomic mass is 32.2. The van der Waals surface area contributed by atoms with Gasteiger partial charge in [-0.25, -0.2) is 4.39 Å². The number of halogens is 1. The Labute approximate surface area is 121 Å². The molecule has 4 heteroatoms. The molecule has 0 aliphatic carbocycles. The van der Waals surface area contributed by atoms with Crippen molar-refractivity contribution in [2.75, 3.05) is 0 Å². The molecule has 0 saturated carbocycles. The number of hydrogen-bond acceptors (Lipinski definition) is 2. The van der Waals surface area contributed by atoms with Crippen LogP contribution in [-0.4, -0.2) is 11.1 Å². The zero-order valence-electron chi connectivity index (χ0n) is 11.0. The first kappa shape index (κ1) is 14.6. The van der Waals surface area contributed by atoms with Gasteiger partial charge in [0, 0.05) is 10.6 Å². The molecule has 0 aromatic heterocycles. The first-order valence-electron chi connectivity index (χ1n) is 6.27. The summed E-state index contributed by atoms with van der Waals surface area (Å²) >= 11 is 1.43. The average molecular weight is 290 g/mol. The SMILES string of the molecule is CC(C(=O)O)c1ccc(CSc2ccccc2F)cc1. The van der Waals surface area contributed by atoms with Crippen LogP contribution in [0.1, 0.15) is 24.0 Å². The fourth-order valence-electron chi connectivity index (χ4n) is 1.77. The number of benzene rings is 2.